The summed E-state index contributed by atoms with van der Waals surface area (Å²) in [6.45, 7) is 0.641. The first-order valence-corrected chi connectivity index (χ1v) is 9.31. The Morgan fingerprint density at radius 3 is 2.62 bits per heavy atom. The molecule has 1 fully saturated rings. The average molecular weight is 309 g/mol. The summed E-state index contributed by atoms with van der Waals surface area (Å²) in [4.78, 5) is 0.444. The Bertz CT molecular complexity index is 608. The lowest BCUT2D eigenvalue weighted by Gasteiger charge is -2.22. The van der Waals surface area contributed by atoms with E-state index in [0.29, 0.717) is 17.9 Å². The summed E-state index contributed by atoms with van der Waals surface area (Å²) in [5.74, 6) is 0. The van der Waals surface area contributed by atoms with E-state index < -0.39 is 10.0 Å². The number of rotatable bonds is 7. The molecule has 1 N–H and O–H groups in total. The summed E-state index contributed by atoms with van der Waals surface area (Å²) in [5.41, 5.74) is 2.49. The molecule has 1 saturated carbocycles. The molecule has 1 aromatic carbocycles. The van der Waals surface area contributed by atoms with Crippen molar-refractivity contribution in [1.29, 1.82) is 0 Å². The number of aryl methyl sites for hydroxylation is 2. The molecule has 3 rings (SSSR count). The van der Waals surface area contributed by atoms with Crippen molar-refractivity contribution >= 4 is 10.0 Å². The van der Waals surface area contributed by atoms with Gasteiger partial charge in [0.2, 0.25) is 10.0 Å². The van der Waals surface area contributed by atoms with Gasteiger partial charge in [-0.15, -0.1) is 0 Å². The topological polar surface area (TPSA) is 57.6 Å². The maximum Gasteiger partial charge on any atom is 0.243 e. The van der Waals surface area contributed by atoms with Crippen LogP contribution in [0.2, 0.25) is 0 Å². The first-order valence-electron chi connectivity index (χ1n) is 7.87. The van der Waals surface area contributed by atoms with Gasteiger partial charge in [0.25, 0.3) is 0 Å². The van der Waals surface area contributed by atoms with Crippen LogP contribution in [0, 0.1) is 0 Å². The molecule has 116 valence electrons. The molecule has 0 bridgehead atoms. The number of unbranched alkanes of at least 4 members (excludes halogenated alkanes) is 1. The summed E-state index contributed by atoms with van der Waals surface area (Å²) in [6.07, 6.45) is 6.49. The highest BCUT2D eigenvalue weighted by Crippen LogP contribution is 2.33. The van der Waals surface area contributed by atoms with Crippen LogP contribution in [0.3, 0.4) is 0 Å². The molecule has 0 unspecified atom stereocenters. The monoisotopic (exact) mass is 309 g/mol. The maximum absolute atomic E-state index is 12.9. The van der Waals surface area contributed by atoms with Gasteiger partial charge in [0.05, 0.1) is 4.90 Å². The molecule has 0 aromatic heterocycles. The van der Waals surface area contributed by atoms with E-state index in [1.165, 1.54) is 11.1 Å². The molecule has 0 amide bonds. The zero-order valence-electron chi connectivity index (χ0n) is 12.3. The lowest BCUT2D eigenvalue weighted by Crippen LogP contribution is -2.34. The molecule has 0 atom stereocenters. The van der Waals surface area contributed by atoms with E-state index in [9.17, 15) is 8.42 Å². The van der Waals surface area contributed by atoms with Gasteiger partial charge in [-0.25, -0.2) is 8.42 Å². The van der Waals surface area contributed by atoms with Crippen molar-refractivity contribution in [3.05, 3.63) is 29.3 Å². The first-order chi connectivity index (χ1) is 10.1. The van der Waals surface area contributed by atoms with Gasteiger partial charge in [-0.2, -0.15) is 4.31 Å². The van der Waals surface area contributed by atoms with E-state index in [-0.39, 0.29) is 12.6 Å². The lowest BCUT2D eigenvalue weighted by molar-refractivity contribution is 0.275. The summed E-state index contributed by atoms with van der Waals surface area (Å²) < 4.78 is 27.4. The average Bonchev–Trinajstić information content (AvgIpc) is 3.19. The SMILES string of the molecule is O=S(=O)(c1ccc2c(c1)CCC2)N(CCCCO)C1CC1. The first kappa shape index (κ1) is 15.0. The Balaban J connectivity index is 1.83. The second-order valence-corrected chi connectivity index (χ2v) is 7.95. The van der Waals surface area contributed by atoms with Gasteiger partial charge in [0, 0.05) is 19.2 Å². The van der Waals surface area contributed by atoms with Gasteiger partial charge in [-0.1, -0.05) is 6.07 Å². The van der Waals surface area contributed by atoms with Crippen LogP contribution in [0.5, 0.6) is 0 Å². The fourth-order valence-corrected chi connectivity index (χ4v) is 4.86. The van der Waals surface area contributed by atoms with Crippen LogP contribution in [-0.2, 0) is 22.9 Å². The molecule has 4 nitrogen and oxygen atoms in total. The highest BCUT2D eigenvalue weighted by molar-refractivity contribution is 7.89. The van der Waals surface area contributed by atoms with Gasteiger partial charge >= 0.3 is 0 Å². The lowest BCUT2D eigenvalue weighted by atomic mass is 10.1. The Kier molecular flexibility index (Phi) is 4.33. The number of hydrogen-bond donors (Lipinski definition) is 1. The standard InChI is InChI=1S/C16H23NO3S/c18-11-2-1-10-17(15-7-8-15)21(19,20)16-9-6-13-4-3-5-14(13)12-16/h6,9,12,15,18H,1-5,7-8,10-11H2. The van der Waals surface area contributed by atoms with E-state index >= 15 is 0 Å². The molecule has 21 heavy (non-hydrogen) atoms. The zero-order valence-corrected chi connectivity index (χ0v) is 13.1. The number of fused-ring (bicyclic) bond motifs is 1. The zero-order chi connectivity index (χ0) is 14.9. The molecule has 0 spiro atoms. The molecule has 5 heteroatoms. The molecule has 0 heterocycles. The van der Waals surface area contributed by atoms with Crippen LogP contribution in [0.4, 0.5) is 0 Å². The summed E-state index contributed by atoms with van der Waals surface area (Å²) >= 11 is 0. The van der Waals surface area contributed by atoms with Crippen molar-refractivity contribution in [3.8, 4) is 0 Å². The summed E-state index contributed by atoms with van der Waals surface area (Å²) in [7, 11) is -3.39. The van der Waals surface area contributed by atoms with Gasteiger partial charge in [0.1, 0.15) is 0 Å². The quantitative estimate of drug-likeness (QED) is 0.785. The minimum Gasteiger partial charge on any atom is -0.396 e. The van der Waals surface area contributed by atoms with Crippen LogP contribution in [0.15, 0.2) is 23.1 Å². The molecule has 0 aliphatic heterocycles. The Morgan fingerprint density at radius 2 is 1.90 bits per heavy atom. The van der Waals surface area contributed by atoms with E-state index in [1.807, 2.05) is 12.1 Å². The fraction of sp³-hybridized carbons (Fsp3) is 0.625. The third-order valence-corrected chi connectivity index (χ3v) is 6.37. The molecule has 1 aromatic rings. The van der Waals surface area contributed by atoms with E-state index in [0.717, 1.165) is 38.5 Å². The predicted molar refractivity (Wildman–Crippen MR) is 81.7 cm³/mol. The molecule has 2 aliphatic carbocycles. The number of nitrogens with zero attached hydrogens (tertiary/aromatic N) is 1. The van der Waals surface area contributed by atoms with E-state index in [1.54, 1.807) is 10.4 Å². The predicted octanol–water partition coefficient (Wildman–Crippen LogP) is 2.10. The molecule has 2 aliphatic rings. The second-order valence-electron chi connectivity index (χ2n) is 6.06. The van der Waals surface area contributed by atoms with Crippen LogP contribution < -0.4 is 0 Å². The van der Waals surface area contributed by atoms with Crippen LogP contribution in [0.1, 0.15) is 43.2 Å². The number of benzene rings is 1. The van der Waals surface area contributed by atoms with E-state index in [2.05, 4.69) is 0 Å². The van der Waals surface area contributed by atoms with Crippen molar-refractivity contribution in [1.82, 2.24) is 4.31 Å². The van der Waals surface area contributed by atoms with Gasteiger partial charge < -0.3 is 5.11 Å². The van der Waals surface area contributed by atoms with Crippen molar-refractivity contribution < 1.29 is 13.5 Å². The third-order valence-electron chi connectivity index (χ3n) is 4.42. The highest BCUT2D eigenvalue weighted by Gasteiger charge is 2.37. The molecule has 0 radical (unpaired) electrons. The van der Waals surface area contributed by atoms with Crippen LogP contribution >= 0.6 is 0 Å². The largest absolute Gasteiger partial charge is 0.396 e. The van der Waals surface area contributed by atoms with Gasteiger partial charge in [-0.3, -0.25) is 0 Å². The molecule has 0 saturated heterocycles. The number of aliphatic hydroxyl groups excluding tert-OH is 1. The Hall–Kier alpha value is -0.910. The summed E-state index contributed by atoms with van der Waals surface area (Å²) in [5, 5.41) is 8.89. The number of hydrogen-bond acceptors (Lipinski definition) is 3. The van der Waals surface area contributed by atoms with Gasteiger partial charge in [-0.05, 0) is 68.2 Å². The molecular formula is C16H23NO3S. The Labute approximate surface area is 126 Å². The van der Waals surface area contributed by atoms with Gasteiger partial charge in [0.15, 0.2) is 0 Å². The van der Waals surface area contributed by atoms with Crippen molar-refractivity contribution in [2.45, 2.75) is 55.9 Å². The van der Waals surface area contributed by atoms with Crippen molar-refractivity contribution in [2.75, 3.05) is 13.2 Å². The number of aliphatic hydroxyl groups is 1. The highest BCUT2D eigenvalue weighted by atomic mass is 32.2. The minimum atomic E-state index is -3.39. The normalized spacial score (nSPS) is 18.2. The van der Waals surface area contributed by atoms with Crippen LogP contribution in [-0.4, -0.2) is 37.0 Å². The fourth-order valence-electron chi connectivity index (χ4n) is 3.09. The minimum absolute atomic E-state index is 0.122. The Morgan fingerprint density at radius 1 is 1.14 bits per heavy atom. The maximum atomic E-state index is 12.9. The third kappa shape index (κ3) is 3.15. The second kappa shape index (κ2) is 6.07. The summed E-state index contributed by atoms with van der Waals surface area (Å²) in [6, 6.07) is 5.79. The number of sulfonamides is 1. The van der Waals surface area contributed by atoms with E-state index in [4.69, 9.17) is 5.11 Å². The molecular weight excluding hydrogens is 286 g/mol. The smallest absolute Gasteiger partial charge is 0.243 e. The van der Waals surface area contributed by atoms with Crippen molar-refractivity contribution in [3.63, 3.8) is 0 Å². The van der Waals surface area contributed by atoms with Crippen LogP contribution in [0.25, 0.3) is 0 Å². The van der Waals surface area contributed by atoms with Crippen molar-refractivity contribution in [2.24, 2.45) is 0 Å².